The molecule has 0 aliphatic carbocycles. The number of ether oxygens (including phenoxy) is 1. The molecule has 1 unspecified atom stereocenters. The van der Waals surface area contributed by atoms with E-state index in [0.29, 0.717) is 12.1 Å². The lowest BCUT2D eigenvalue weighted by atomic mass is 10.1. The van der Waals surface area contributed by atoms with Crippen LogP contribution in [0.2, 0.25) is 0 Å². The van der Waals surface area contributed by atoms with Gasteiger partial charge in [-0.3, -0.25) is 4.79 Å². The lowest BCUT2D eigenvalue weighted by molar-refractivity contribution is -0.198. The third-order valence-corrected chi connectivity index (χ3v) is 6.54. The maximum atomic E-state index is 12.9. The number of amides is 1. The number of benzene rings is 2. The van der Waals surface area contributed by atoms with Crippen LogP contribution in [-0.4, -0.2) is 31.2 Å². The Bertz CT molecular complexity index is 1160. The van der Waals surface area contributed by atoms with Gasteiger partial charge in [0.05, 0.1) is 10.4 Å². The largest absolute Gasteiger partial charge is 0.350 e. The number of aromatic nitrogens is 1. The first-order valence-electron chi connectivity index (χ1n) is 9.71. The van der Waals surface area contributed by atoms with Gasteiger partial charge in [-0.05, 0) is 54.8 Å². The van der Waals surface area contributed by atoms with E-state index in [1.165, 1.54) is 16.2 Å². The molecule has 0 radical (unpaired) electrons. The van der Waals surface area contributed by atoms with E-state index in [-0.39, 0.29) is 4.90 Å². The van der Waals surface area contributed by atoms with Crippen LogP contribution < -0.4 is 5.48 Å². The molecular formula is C22H22N2O5S. The van der Waals surface area contributed by atoms with Gasteiger partial charge in [0.1, 0.15) is 0 Å². The number of hydrogen-bond donors (Lipinski definition) is 1. The van der Waals surface area contributed by atoms with Gasteiger partial charge >= 0.3 is 0 Å². The first-order chi connectivity index (χ1) is 14.5. The number of hydrogen-bond acceptors (Lipinski definition) is 5. The number of nitrogens with zero attached hydrogens (tertiary/aromatic N) is 1. The van der Waals surface area contributed by atoms with Crippen LogP contribution in [-0.2, 0) is 24.4 Å². The average Bonchev–Trinajstić information content (AvgIpc) is 3.22. The number of rotatable bonds is 6. The molecule has 0 bridgehead atoms. The molecule has 1 aliphatic heterocycles. The fourth-order valence-corrected chi connectivity index (χ4v) is 4.66. The number of fused-ring (bicyclic) bond motifs is 1. The van der Waals surface area contributed by atoms with Crippen LogP contribution >= 0.6 is 0 Å². The highest BCUT2D eigenvalue weighted by atomic mass is 32.2. The number of carbonyl (C=O) groups is 1. The van der Waals surface area contributed by atoms with Crippen molar-refractivity contribution in [2.75, 3.05) is 6.61 Å². The topological polar surface area (TPSA) is 86.6 Å². The Morgan fingerprint density at radius 2 is 1.97 bits per heavy atom. The van der Waals surface area contributed by atoms with Crippen molar-refractivity contribution >= 4 is 32.9 Å². The Morgan fingerprint density at radius 3 is 2.73 bits per heavy atom. The minimum Gasteiger partial charge on any atom is -0.350 e. The van der Waals surface area contributed by atoms with Gasteiger partial charge in [-0.15, -0.1) is 0 Å². The number of hydroxylamine groups is 1. The summed E-state index contributed by atoms with van der Waals surface area (Å²) in [6.45, 7) is 0.635. The van der Waals surface area contributed by atoms with Gasteiger partial charge in [0.15, 0.2) is 6.29 Å². The molecule has 1 N–H and O–H groups in total. The van der Waals surface area contributed by atoms with Gasteiger partial charge < -0.3 is 4.74 Å². The van der Waals surface area contributed by atoms with Crippen LogP contribution in [0.4, 0.5) is 0 Å². The Labute approximate surface area is 174 Å². The van der Waals surface area contributed by atoms with Crippen LogP contribution in [0.25, 0.3) is 17.0 Å². The maximum absolute atomic E-state index is 12.9. The molecule has 7 nitrogen and oxygen atoms in total. The van der Waals surface area contributed by atoms with Crippen molar-refractivity contribution < 1.29 is 22.8 Å². The average molecular weight is 426 g/mol. The van der Waals surface area contributed by atoms with Crippen molar-refractivity contribution in [2.45, 2.75) is 30.4 Å². The molecule has 4 rings (SSSR count). The van der Waals surface area contributed by atoms with E-state index in [1.54, 1.807) is 54.6 Å². The molecule has 8 heteroatoms. The molecule has 0 saturated carbocycles. The summed E-state index contributed by atoms with van der Waals surface area (Å²) >= 11 is 0. The Hall–Kier alpha value is -2.94. The van der Waals surface area contributed by atoms with Gasteiger partial charge in [0, 0.05) is 30.7 Å². The fraction of sp³-hybridized carbons (Fsp3) is 0.227. The molecule has 0 spiro atoms. The zero-order valence-corrected chi connectivity index (χ0v) is 17.0. The first kappa shape index (κ1) is 20.3. The summed E-state index contributed by atoms with van der Waals surface area (Å²) in [6.07, 6.45) is 6.90. The summed E-state index contributed by atoms with van der Waals surface area (Å²) in [5, 5.41) is 0.754. The fourth-order valence-electron chi connectivity index (χ4n) is 3.29. The highest BCUT2D eigenvalue weighted by Crippen LogP contribution is 2.23. The quantitative estimate of drug-likeness (QED) is 0.482. The third kappa shape index (κ3) is 4.46. The second-order valence-corrected chi connectivity index (χ2v) is 8.78. The highest BCUT2D eigenvalue weighted by Gasteiger charge is 2.18. The summed E-state index contributed by atoms with van der Waals surface area (Å²) < 4.78 is 32.4. The van der Waals surface area contributed by atoms with Gasteiger partial charge in [-0.2, -0.15) is 0 Å². The van der Waals surface area contributed by atoms with Crippen molar-refractivity contribution in [3.63, 3.8) is 0 Å². The van der Waals surface area contributed by atoms with Gasteiger partial charge in [0.2, 0.25) is 0 Å². The number of nitrogens with one attached hydrogen (secondary N) is 1. The molecule has 1 fully saturated rings. The van der Waals surface area contributed by atoms with E-state index in [4.69, 9.17) is 9.57 Å². The molecule has 30 heavy (non-hydrogen) atoms. The van der Waals surface area contributed by atoms with Gasteiger partial charge in [-0.25, -0.2) is 22.7 Å². The van der Waals surface area contributed by atoms with Crippen molar-refractivity contribution in [3.05, 3.63) is 72.4 Å². The zero-order chi connectivity index (χ0) is 21.0. The normalized spacial score (nSPS) is 17.4. The molecule has 2 heterocycles. The second-order valence-electron chi connectivity index (χ2n) is 6.96. The molecule has 3 aromatic rings. The third-order valence-electron chi connectivity index (χ3n) is 4.83. The molecule has 1 amide bonds. The van der Waals surface area contributed by atoms with Gasteiger partial charge in [-0.1, -0.05) is 24.3 Å². The van der Waals surface area contributed by atoms with Gasteiger partial charge in [0.25, 0.3) is 15.9 Å². The summed E-state index contributed by atoms with van der Waals surface area (Å²) in [6, 6.07) is 15.3. The minimum atomic E-state index is -3.67. The van der Waals surface area contributed by atoms with E-state index in [0.717, 1.165) is 30.2 Å². The predicted octanol–water partition coefficient (Wildman–Crippen LogP) is 3.47. The molecule has 1 aliphatic rings. The van der Waals surface area contributed by atoms with Crippen molar-refractivity contribution in [1.29, 1.82) is 0 Å². The molecule has 1 aromatic heterocycles. The Morgan fingerprint density at radius 1 is 1.13 bits per heavy atom. The second kappa shape index (κ2) is 8.83. The molecule has 2 aromatic carbocycles. The predicted molar refractivity (Wildman–Crippen MR) is 113 cm³/mol. The lowest BCUT2D eigenvalue weighted by Crippen LogP contribution is -2.32. The molecule has 1 saturated heterocycles. The van der Waals surface area contributed by atoms with Crippen LogP contribution in [0.3, 0.4) is 0 Å². The van der Waals surface area contributed by atoms with Crippen molar-refractivity contribution in [3.8, 4) is 0 Å². The Balaban J connectivity index is 1.47. The SMILES string of the molecule is O=C(C=Cc1ccc2c(ccn2S(=O)(=O)c2ccccc2)c1)NOC1CCCCO1. The summed E-state index contributed by atoms with van der Waals surface area (Å²) in [7, 11) is -3.67. The molecule has 156 valence electrons. The monoisotopic (exact) mass is 426 g/mol. The van der Waals surface area contributed by atoms with E-state index >= 15 is 0 Å². The van der Waals surface area contributed by atoms with Crippen LogP contribution in [0, 0.1) is 0 Å². The summed E-state index contributed by atoms with van der Waals surface area (Å²) in [5.41, 5.74) is 3.70. The maximum Gasteiger partial charge on any atom is 0.268 e. The smallest absolute Gasteiger partial charge is 0.268 e. The summed E-state index contributed by atoms with van der Waals surface area (Å²) in [5.74, 6) is -0.395. The highest BCUT2D eigenvalue weighted by molar-refractivity contribution is 7.90. The van der Waals surface area contributed by atoms with E-state index in [9.17, 15) is 13.2 Å². The molecule has 1 atom stereocenters. The van der Waals surface area contributed by atoms with Crippen LogP contribution in [0.5, 0.6) is 0 Å². The van der Waals surface area contributed by atoms with Crippen LogP contribution in [0.1, 0.15) is 24.8 Å². The van der Waals surface area contributed by atoms with E-state index in [1.807, 2.05) is 6.07 Å². The van der Waals surface area contributed by atoms with E-state index < -0.39 is 22.2 Å². The van der Waals surface area contributed by atoms with Crippen LogP contribution in [0.15, 0.2) is 71.8 Å². The number of carbonyl (C=O) groups excluding carboxylic acids is 1. The van der Waals surface area contributed by atoms with Crippen molar-refractivity contribution in [2.24, 2.45) is 0 Å². The van der Waals surface area contributed by atoms with Crippen molar-refractivity contribution in [1.82, 2.24) is 9.45 Å². The zero-order valence-electron chi connectivity index (χ0n) is 16.2. The lowest BCUT2D eigenvalue weighted by Gasteiger charge is -2.21. The minimum absolute atomic E-state index is 0.227. The molecular weight excluding hydrogens is 404 g/mol. The standard InChI is InChI=1S/C22H22N2O5S/c25-21(23-29-22-8-4-5-15-28-22)12-10-17-9-11-20-18(16-17)13-14-24(20)30(26,27)19-6-2-1-3-7-19/h1-3,6-7,9-14,16,22H,4-5,8,15H2,(H,23,25). The van der Waals surface area contributed by atoms with E-state index in [2.05, 4.69) is 5.48 Å². The summed E-state index contributed by atoms with van der Waals surface area (Å²) in [4.78, 5) is 17.4. The Kier molecular flexibility index (Phi) is 5.98. The first-order valence-corrected chi connectivity index (χ1v) is 11.1.